The Morgan fingerprint density at radius 1 is 1.25 bits per heavy atom. The summed E-state index contributed by atoms with van der Waals surface area (Å²) in [4.78, 5) is 14.9. The van der Waals surface area contributed by atoms with Gasteiger partial charge < -0.3 is 10.6 Å². The largest absolute Gasteiger partial charge is 0.370 e. The second-order valence-electron chi connectivity index (χ2n) is 5.27. The molecule has 1 aromatic heterocycles. The Kier molecular flexibility index (Phi) is 5.15. The van der Waals surface area contributed by atoms with Crippen LogP contribution in [0.15, 0.2) is 12.1 Å². The van der Waals surface area contributed by atoms with Gasteiger partial charge in [-0.3, -0.25) is 10.1 Å². The van der Waals surface area contributed by atoms with Gasteiger partial charge >= 0.3 is 0 Å². The van der Waals surface area contributed by atoms with Crippen molar-refractivity contribution in [2.45, 2.75) is 39.0 Å². The minimum Gasteiger partial charge on any atom is -0.370 e. The van der Waals surface area contributed by atoms with Gasteiger partial charge in [0, 0.05) is 13.1 Å². The van der Waals surface area contributed by atoms with Gasteiger partial charge in [-0.2, -0.15) is 0 Å². The highest BCUT2D eigenvalue weighted by Crippen LogP contribution is 2.25. The molecular formula is C14H22N4O2. The second kappa shape index (κ2) is 7.07. The fourth-order valence-electron chi connectivity index (χ4n) is 2.62. The van der Waals surface area contributed by atoms with Gasteiger partial charge in [-0.1, -0.05) is 19.3 Å². The van der Waals surface area contributed by atoms with Crippen molar-refractivity contribution < 1.29 is 4.92 Å². The summed E-state index contributed by atoms with van der Waals surface area (Å²) in [6.07, 6.45) is 6.38. The quantitative estimate of drug-likeness (QED) is 0.615. The summed E-state index contributed by atoms with van der Waals surface area (Å²) in [5, 5.41) is 17.2. The summed E-state index contributed by atoms with van der Waals surface area (Å²) in [6, 6.07) is 2.97. The van der Waals surface area contributed by atoms with E-state index < -0.39 is 0 Å². The molecule has 20 heavy (non-hydrogen) atoms. The van der Waals surface area contributed by atoms with E-state index in [-0.39, 0.29) is 10.6 Å². The Balaban J connectivity index is 2.03. The van der Waals surface area contributed by atoms with Crippen LogP contribution in [0.1, 0.15) is 39.0 Å². The lowest BCUT2D eigenvalue weighted by molar-refractivity contribution is -0.384. The molecule has 0 aromatic carbocycles. The fourth-order valence-corrected chi connectivity index (χ4v) is 2.62. The van der Waals surface area contributed by atoms with Gasteiger partial charge in [-0.15, -0.1) is 0 Å². The molecule has 1 fully saturated rings. The van der Waals surface area contributed by atoms with Crippen LogP contribution in [0.2, 0.25) is 0 Å². The maximum Gasteiger partial charge on any atom is 0.276 e. The first-order valence-electron chi connectivity index (χ1n) is 7.33. The lowest BCUT2D eigenvalue weighted by Crippen LogP contribution is -2.18. The van der Waals surface area contributed by atoms with Crippen molar-refractivity contribution in [1.82, 2.24) is 4.98 Å². The number of hydrogen-bond acceptors (Lipinski definition) is 5. The zero-order chi connectivity index (χ0) is 14.4. The molecule has 1 heterocycles. The van der Waals surface area contributed by atoms with E-state index >= 15 is 0 Å². The molecule has 1 saturated carbocycles. The topological polar surface area (TPSA) is 80.1 Å². The van der Waals surface area contributed by atoms with E-state index in [4.69, 9.17) is 0 Å². The van der Waals surface area contributed by atoms with Crippen LogP contribution in [-0.2, 0) is 0 Å². The molecule has 0 aliphatic heterocycles. The Bertz CT molecular complexity index is 458. The van der Waals surface area contributed by atoms with Gasteiger partial charge in [0.05, 0.1) is 17.1 Å². The third kappa shape index (κ3) is 4.08. The molecule has 0 unspecified atom stereocenters. The number of nitrogens with zero attached hydrogens (tertiary/aromatic N) is 2. The average molecular weight is 278 g/mol. The van der Waals surface area contributed by atoms with Crippen LogP contribution in [0.25, 0.3) is 0 Å². The second-order valence-corrected chi connectivity index (χ2v) is 5.27. The lowest BCUT2D eigenvalue weighted by Gasteiger charge is -2.22. The molecule has 0 bridgehead atoms. The zero-order valence-electron chi connectivity index (χ0n) is 11.9. The molecule has 1 aliphatic carbocycles. The number of anilines is 2. The van der Waals surface area contributed by atoms with Gasteiger partial charge in [-0.05, 0) is 25.7 Å². The molecule has 1 aliphatic rings. The van der Waals surface area contributed by atoms with Crippen LogP contribution in [0, 0.1) is 16.0 Å². The fraction of sp³-hybridized carbons (Fsp3) is 0.643. The first-order chi connectivity index (χ1) is 9.69. The SMILES string of the molecule is CCNc1cc([N+](=O)[O-])cc(NCC2CCCCC2)n1. The van der Waals surface area contributed by atoms with Gasteiger partial charge in [0.25, 0.3) is 5.69 Å². The van der Waals surface area contributed by atoms with Crippen molar-refractivity contribution in [2.24, 2.45) is 5.92 Å². The van der Waals surface area contributed by atoms with Crippen molar-refractivity contribution in [3.63, 3.8) is 0 Å². The molecule has 0 amide bonds. The highest BCUT2D eigenvalue weighted by Gasteiger charge is 2.15. The van der Waals surface area contributed by atoms with E-state index in [1.54, 1.807) is 0 Å². The first kappa shape index (κ1) is 14.6. The number of nitrogens with one attached hydrogen (secondary N) is 2. The maximum absolute atomic E-state index is 10.9. The number of pyridine rings is 1. The number of rotatable bonds is 6. The van der Waals surface area contributed by atoms with Crippen LogP contribution in [0.3, 0.4) is 0 Å². The summed E-state index contributed by atoms with van der Waals surface area (Å²) >= 11 is 0. The van der Waals surface area contributed by atoms with Crippen molar-refractivity contribution in [2.75, 3.05) is 23.7 Å². The highest BCUT2D eigenvalue weighted by atomic mass is 16.6. The summed E-state index contributed by atoms with van der Waals surface area (Å²) < 4.78 is 0. The molecule has 6 nitrogen and oxygen atoms in total. The molecule has 0 saturated heterocycles. The van der Waals surface area contributed by atoms with Crippen molar-refractivity contribution in [3.05, 3.63) is 22.2 Å². The van der Waals surface area contributed by atoms with Crippen LogP contribution in [0.5, 0.6) is 0 Å². The van der Waals surface area contributed by atoms with Crippen LogP contribution in [0.4, 0.5) is 17.3 Å². The van der Waals surface area contributed by atoms with Gasteiger partial charge in [0.15, 0.2) is 0 Å². The predicted molar refractivity (Wildman–Crippen MR) is 80.1 cm³/mol. The highest BCUT2D eigenvalue weighted by molar-refractivity contribution is 5.54. The minimum atomic E-state index is -0.381. The standard InChI is InChI=1S/C14H22N4O2/c1-2-15-13-8-12(18(19)20)9-14(17-13)16-10-11-6-4-3-5-7-11/h8-9,11H,2-7,10H2,1H3,(H2,15,16,17). The van der Waals surface area contributed by atoms with Crippen molar-refractivity contribution in [1.29, 1.82) is 0 Å². The molecule has 2 N–H and O–H groups in total. The third-order valence-electron chi connectivity index (χ3n) is 3.68. The van der Waals surface area contributed by atoms with Crippen LogP contribution >= 0.6 is 0 Å². The summed E-state index contributed by atoms with van der Waals surface area (Å²) in [6.45, 7) is 3.48. The number of aromatic nitrogens is 1. The molecular weight excluding hydrogens is 256 g/mol. The van der Waals surface area contributed by atoms with E-state index in [1.807, 2.05) is 6.92 Å². The monoisotopic (exact) mass is 278 g/mol. The summed E-state index contributed by atoms with van der Waals surface area (Å²) in [5.74, 6) is 1.79. The maximum atomic E-state index is 10.9. The molecule has 0 spiro atoms. The third-order valence-corrected chi connectivity index (χ3v) is 3.68. The summed E-state index contributed by atoms with van der Waals surface area (Å²) in [7, 11) is 0. The van der Waals surface area contributed by atoms with Crippen LogP contribution in [-0.4, -0.2) is 23.0 Å². The van der Waals surface area contributed by atoms with Crippen molar-refractivity contribution in [3.8, 4) is 0 Å². The molecule has 0 radical (unpaired) electrons. The Morgan fingerprint density at radius 2 is 1.90 bits per heavy atom. The van der Waals surface area contributed by atoms with Gasteiger partial charge in [-0.25, -0.2) is 4.98 Å². The lowest BCUT2D eigenvalue weighted by atomic mass is 9.89. The zero-order valence-corrected chi connectivity index (χ0v) is 11.9. The first-order valence-corrected chi connectivity index (χ1v) is 7.33. The Morgan fingerprint density at radius 3 is 2.50 bits per heavy atom. The van der Waals surface area contributed by atoms with Gasteiger partial charge in [0.2, 0.25) is 0 Å². The molecule has 6 heteroatoms. The molecule has 0 atom stereocenters. The predicted octanol–water partition coefficient (Wildman–Crippen LogP) is 3.41. The van der Waals surface area contributed by atoms with E-state index in [2.05, 4.69) is 15.6 Å². The van der Waals surface area contributed by atoms with E-state index in [0.29, 0.717) is 24.1 Å². The van der Waals surface area contributed by atoms with E-state index in [0.717, 1.165) is 6.54 Å². The minimum absolute atomic E-state index is 0.0714. The van der Waals surface area contributed by atoms with Gasteiger partial charge in [0.1, 0.15) is 11.6 Å². The van der Waals surface area contributed by atoms with E-state index in [1.165, 1.54) is 44.2 Å². The molecule has 1 aromatic rings. The Labute approximate surface area is 119 Å². The van der Waals surface area contributed by atoms with E-state index in [9.17, 15) is 10.1 Å². The Hall–Kier alpha value is -1.85. The smallest absolute Gasteiger partial charge is 0.276 e. The average Bonchev–Trinajstić information content (AvgIpc) is 2.46. The number of hydrogen-bond donors (Lipinski definition) is 2. The van der Waals surface area contributed by atoms with Crippen LogP contribution < -0.4 is 10.6 Å². The van der Waals surface area contributed by atoms with Crippen molar-refractivity contribution >= 4 is 17.3 Å². The normalized spacial score (nSPS) is 15.8. The summed E-state index contributed by atoms with van der Waals surface area (Å²) in [5.41, 5.74) is 0.0714. The number of nitro groups is 1. The molecule has 2 rings (SSSR count). The molecule has 110 valence electrons.